The average molecular weight is 195 g/mol. The van der Waals surface area contributed by atoms with Gasteiger partial charge in [-0.2, -0.15) is 0 Å². The van der Waals surface area contributed by atoms with Crippen molar-refractivity contribution >= 4 is 0 Å². The summed E-state index contributed by atoms with van der Waals surface area (Å²) in [5.74, 6) is 0.690. The lowest BCUT2D eigenvalue weighted by Gasteiger charge is -2.18. The summed E-state index contributed by atoms with van der Waals surface area (Å²) in [6.07, 6.45) is -0.675. The van der Waals surface area contributed by atoms with Crippen LogP contribution in [0.2, 0.25) is 0 Å². The summed E-state index contributed by atoms with van der Waals surface area (Å²) in [7, 11) is 1.59. The van der Waals surface area contributed by atoms with Gasteiger partial charge in [-0.1, -0.05) is 12.1 Å². The van der Waals surface area contributed by atoms with Crippen molar-refractivity contribution in [3.63, 3.8) is 0 Å². The molecule has 0 bridgehead atoms. The zero-order valence-corrected chi connectivity index (χ0v) is 8.82. The van der Waals surface area contributed by atoms with E-state index in [0.717, 1.165) is 11.1 Å². The smallest absolute Gasteiger partial charge is 0.124 e. The third-order valence-corrected chi connectivity index (χ3v) is 2.21. The van der Waals surface area contributed by atoms with Gasteiger partial charge in [-0.15, -0.1) is 0 Å². The maximum absolute atomic E-state index is 9.80. The van der Waals surface area contributed by atoms with Crippen LogP contribution in [0.5, 0.6) is 5.75 Å². The van der Waals surface area contributed by atoms with Crippen LogP contribution in [-0.2, 0) is 0 Å². The molecule has 1 aromatic rings. The molecule has 1 rings (SSSR count). The van der Waals surface area contributed by atoms with Crippen molar-refractivity contribution in [1.29, 1.82) is 0 Å². The van der Waals surface area contributed by atoms with Crippen LogP contribution in [0.1, 0.15) is 24.2 Å². The summed E-state index contributed by atoms with van der Waals surface area (Å²) in [6, 6.07) is 5.37. The normalized spacial score (nSPS) is 14.9. The van der Waals surface area contributed by atoms with E-state index < -0.39 is 6.10 Å². The highest BCUT2D eigenvalue weighted by Crippen LogP contribution is 2.27. The van der Waals surface area contributed by atoms with E-state index in [2.05, 4.69) is 0 Å². The molecule has 0 saturated heterocycles. The number of ether oxygens (including phenoxy) is 1. The van der Waals surface area contributed by atoms with Crippen LogP contribution in [0, 0.1) is 6.92 Å². The van der Waals surface area contributed by atoms with Gasteiger partial charge in [0, 0.05) is 11.6 Å². The Hall–Kier alpha value is -1.06. The molecule has 3 heteroatoms. The minimum absolute atomic E-state index is 0.299. The van der Waals surface area contributed by atoms with Gasteiger partial charge in [-0.3, -0.25) is 0 Å². The number of aliphatic hydroxyl groups excluding tert-OH is 1. The lowest BCUT2D eigenvalue weighted by Crippen LogP contribution is -2.24. The highest BCUT2D eigenvalue weighted by Gasteiger charge is 2.16. The zero-order chi connectivity index (χ0) is 10.7. The fourth-order valence-electron chi connectivity index (χ4n) is 1.35. The van der Waals surface area contributed by atoms with Crippen molar-refractivity contribution < 1.29 is 9.84 Å². The molecule has 0 aliphatic heterocycles. The third kappa shape index (κ3) is 2.25. The van der Waals surface area contributed by atoms with E-state index in [1.165, 1.54) is 0 Å². The lowest BCUT2D eigenvalue weighted by atomic mass is 10.0. The third-order valence-electron chi connectivity index (χ3n) is 2.21. The molecule has 0 saturated carbocycles. The van der Waals surface area contributed by atoms with Gasteiger partial charge in [0.05, 0.1) is 13.2 Å². The maximum atomic E-state index is 9.80. The van der Waals surface area contributed by atoms with Crippen molar-refractivity contribution in [1.82, 2.24) is 0 Å². The fraction of sp³-hybridized carbons (Fsp3) is 0.455. The molecular weight excluding hydrogens is 178 g/mol. The summed E-state index contributed by atoms with van der Waals surface area (Å²) in [6.45, 7) is 3.74. The summed E-state index contributed by atoms with van der Waals surface area (Å²) < 4.78 is 5.18. The highest BCUT2D eigenvalue weighted by molar-refractivity contribution is 5.39. The molecule has 0 fully saturated rings. The quantitative estimate of drug-likeness (QED) is 0.766. The Bertz CT molecular complexity index is 310. The summed E-state index contributed by atoms with van der Waals surface area (Å²) in [4.78, 5) is 0. The predicted octanol–water partition coefficient (Wildman–Crippen LogP) is 1.38. The number of aliphatic hydroxyl groups is 1. The first-order valence-electron chi connectivity index (χ1n) is 4.64. The number of nitrogens with two attached hydrogens (primary N) is 1. The number of methoxy groups -OCH3 is 1. The molecule has 14 heavy (non-hydrogen) atoms. The number of hydrogen-bond donors (Lipinski definition) is 2. The van der Waals surface area contributed by atoms with Gasteiger partial charge in [0.1, 0.15) is 5.75 Å². The van der Waals surface area contributed by atoms with E-state index in [9.17, 15) is 5.11 Å². The molecule has 2 atom stereocenters. The van der Waals surface area contributed by atoms with Gasteiger partial charge < -0.3 is 15.6 Å². The predicted molar refractivity (Wildman–Crippen MR) is 56.3 cm³/mol. The SMILES string of the molecule is COc1cc(C)ccc1[C@@H](O)[C@H](C)N. The average Bonchev–Trinajstić information content (AvgIpc) is 2.16. The molecule has 0 amide bonds. The van der Waals surface area contributed by atoms with Gasteiger partial charge >= 0.3 is 0 Å². The monoisotopic (exact) mass is 195 g/mol. The van der Waals surface area contributed by atoms with E-state index in [4.69, 9.17) is 10.5 Å². The van der Waals surface area contributed by atoms with Gasteiger partial charge in [0.2, 0.25) is 0 Å². The van der Waals surface area contributed by atoms with Gasteiger partial charge in [-0.05, 0) is 25.5 Å². The molecule has 1 aromatic carbocycles. The van der Waals surface area contributed by atoms with Crippen LogP contribution in [-0.4, -0.2) is 18.3 Å². The van der Waals surface area contributed by atoms with Crippen LogP contribution in [0.4, 0.5) is 0 Å². The first-order chi connectivity index (χ1) is 6.56. The Morgan fingerprint density at radius 2 is 2.07 bits per heavy atom. The zero-order valence-electron chi connectivity index (χ0n) is 8.82. The molecule has 78 valence electrons. The van der Waals surface area contributed by atoms with E-state index in [0.29, 0.717) is 5.75 Å². The van der Waals surface area contributed by atoms with Crippen molar-refractivity contribution in [2.45, 2.75) is 26.0 Å². The molecule has 3 N–H and O–H groups in total. The minimum Gasteiger partial charge on any atom is -0.496 e. The number of aryl methyl sites for hydroxylation is 1. The molecule has 3 nitrogen and oxygen atoms in total. The fourth-order valence-corrected chi connectivity index (χ4v) is 1.35. The first-order valence-corrected chi connectivity index (χ1v) is 4.64. The molecule has 0 aliphatic rings. The van der Waals surface area contributed by atoms with Crippen LogP contribution in [0.25, 0.3) is 0 Å². The largest absolute Gasteiger partial charge is 0.496 e. The van der Waals surface area contributed by atoms with Crippen molar-refractivity contribution in [3.05, 3.63) is 29.3 Å². The standard InChI is InChI=1S/C11H17NO2/c1-7-4-5-9(10(6-7)14-3)11(13)8(2)12/h4-6,8,11,13H,12H2,1-3H3/t8-,11-/m0/s1. The number of benzene rings is 1. The van der Waals surface area contributed by atoms with Crippen molar-refractivity contribution in [3.8, 4) is 5.75 Å². The molecule has 0 radical (unpaired) electrons. The summed E-state index contributed by atoms with van der Waals surface area (Å²) >= 11 is 0. The maximum Gasteiger partial charge on any atom is 0.124 e. The Kier molecular flexibility index (Phi) is 3.49. The first kappa shape index (κ1) is 11.0. The number of hydrogen-bond acceptors (Lipinski definition) is 3. The second-order valence-electron chi connectivity index (χ2n) is 3.55. The summed E-state index contributed by atoms with van der Waals surface area (Å²) in [5, 5.41) is 9.80. The van der Waals surface area contributed by atoms with Crippen LogP contribution >= 0.6 is 0 Å². The molecule has 0 aliphatic carbocycles. The minimum atomic E-state index is -0.675. The Labute approximate surface area is 84.5 Å². The summed E-state index contributed by atoms with van der Waals surface area (Å²) in [5.41, 5.74) is 7.47. The lowest BCUT2D eigenvalue weighted by molar-refractivity contribution is 0.149. The van der Waals surface area contributed by atoms with Crippen LogP contribution in [0.3, 0.4) is 0 Å². The molecular formula is C11H17NO2. The van der Waals surface area contributed by atoms with E-state index >= 15 is 0 Å². The van der Waals surface area contributed by atoms with Crippen LogP contribution < -0.4 is 10.5 Å². The Morgan fingerprint density at radius 1 is 1.43 bits per heavy atom. The van der Waals surface area contributed by atoms with E-state index in [-0.39, 0.29) is 6.04 Å². The van der Waals surface area contributed by atoms with Crippen LogP contribution in [0.15, 0.2) is 18.2 Å². The molecule has 0 spiro atoms. The van der Waals surface area contributed by atoms with E-state index in [1.807, 2.05) is 25.1 Å². The van der Waals surface area contributed by atoms with Crippen molar-refractivity contribution in [2.24, 2.45) is 5.73 Å². The van der Waals surface area contributed by atoms with Gasteiger partial charge in [0.25, 0.3) is 0 Å². The highest BCUT2D eigenvalue weighted by atomic mass is 16.5. The Morgan fingerprint density at radius 3 is 2.57 bits per heavy atom. The number of rotatable bonds is 3. The molecule has 0 heterocycles. The Balaban J connectivity index is 3.07. The second kappa shape index (κ2) is 4.44. The van der Waals surface area contributed by atoms with Crippen molar-refractivity contribution in [2.75, 3.05) is 7.11 Å². The second-order valence-corrected chi connectivity index (χ2v) is 3.55. The van der Waals surface area contributed by atoms with E-state index in [1.54, 1.807) is 14.0 Å². The van der Waals surface area contributed by atoms with Gasteiger partial charge in [-0.25, -0.2) is 0 Å². The van der Waals surface area contributed by atoms with Gasteiger partial charge in [0.15, 0.2) is 0 Å². The topological polar surface area (TPSA) is 55.5 Å². The molecule has 0 unspecified atom stereocenters. The molecule has 0 aromatic heterocycles.